The first-order valence-electron chi connectivity index (χ1n) is 9.35. The minimum absolute atomic E-state index is 0.126. The fraction of sp³-hybridized carbons (Fsp3) is 0.286. The molecule has 28 heavy (non-hydrogen) atoms. The van der Waals surface area contributed by atoms with E-state index in [1.54, 1.807) is 0 Å². The Balaban J connectivity index is 1.54. The molecule has 7 heteroatoms. The lowest BCUT2D eigenvalue weighted by Gasteiger charge is -2.25. The number of carbonyl (C=O) groups is 2. The molecule has 1 N–H and O–H groups in total. The van der Waals surface area contributed by atoms with E-state index in [1.807, 2.05) is 59.5 Å². The molecule has 1 fully saturated rings. The molecule has 2 aliphatic heterocycles. The van der Waals surface area contributed by atoms with Gasteiger partial charge in [-0.1, -0.05) is 58.4 Å². The van der Waals surface area contributed by atoms with Crippen molar-refractivity contribution in [2.45, 2.75) is 25.4 Å². The molecule has 2 aromatic rings. The van der Waals surface area contributed by atoms with E-state index in [9.17, 15) is 9.59 Å². The third-order valence-electron chi connectivity index (χ3n) is 5.04. The van der Waals surface area contributed by atoms with Gasteiger partial charge in [-0.15, -0.1) is 0 Å². The monoisotopic (exact) mass is 440 g/mol. The molecule has 0 spiro atoms. The molecule has 1 unspecified atom stereocenters. The first-order chi connectivity index (χ1) is 13.6. The molecule has 4 rings (SSSR count). The Hall–Kier alpha value is -2.67. The fourth-order valence-corrected chi connectivity index (χ4v) is 3.86. The summed E-state index contributed by atoms with van der Waals surface area (Å²) in [5.41, 5.74) is 2.71. The highest BCUT2D eigenvalue weighted by Gasteiger charge is 2.38. The lowest BCUT2D eigenvalue weighted by Crippen LogP contribution is -2.45. The molecule has 0 saturated carbocycles. The lowest BCUT2D eigenvalue weighted by atomic mass is 10.0. The van der Waals surface area contributed by atoms with Gasteiger partial charge in [-0.2, -0.15) is 5.10 Å². The second kappa shape index (κ2) is 8.14. The van der Waals surface area contributed by atoms with Gasteiger partial charge in [0.15, 0.2) is 0 Å². The Bertz CT molecular complexity index is 898. The van der Waals surface area contributed by atoms with E-state index in [2.05, 4.69) is 26.3 Å². The average Bonchev–Trinajstić information content (AvgIpc) is 3.33. The van der Waals surface area contributed by atoms with Crippen LogP contribution >= 0.6 is 15.9 Å². The smallest absolute Gasteiger partial charge is 0.332 e. The molecule has 144 valence electrons. The van der Waals surface area contributed by atoms with Crippen molar-refractivity contribution in [1.82, 2.24) is 15.2 Å². The van der Waals surface area contributed by atoms with Crippen molar-refractivity contribution in [3.05, 3.63) is 70.2 Å². The van der Waals surface area contributed by atoms with E-state index in [-0.39, 0.29) is 18.0 Å². The van der Waals surface area contributed by atoms with E-state index in [0.29, 0.717) is 26.1 Å². The Morgan fingerprint density at radius 3 is 2.57 bits per heavy atom. The molecule has 1 atom stereocenters. The SMILES string of the molecule is O=C(NCc1ccccc1)N1CC(N2CCCC2=O)C(c2ccc(Br)cc2)=N1. The minimum Gasteiger partial charge on any atom is -0.332 e. The van der Waals surface area contributed by atoms with Crippen LogP contribution in [0.25, 0.3) is 0 Å². The second-order valence-electron chi connectivity index (χ2n) is 6.93. The summed E-state index contributed by atoms with van der Waals surface area (Å²) in [5, 5.41) is 8.94. The van der Waals surface area contributed by atoms with Gasteiger partial charge in [0, 0.05) is 29.5 Å². The number of likely N-dealkylation sites (tertiary alicyclic amines) is 1. The van der Waals surface area contributed by atoms with Gasteiger partial charge in [-0.05, 0) is 24.1 Å². The highest BCUT2D eigenvalue weighted by molar-refractivity contribution is 9.10. The maximum absolute atomic E-state index is 12.7. The molecule has 0 radical (unpaired) electrons. The zero-order valence-corrected chi connectivity index (χ0v) is 16.9. The maximum Gasteiger partial charge on any atom is 0.338 e. The molecule has 3 amide bonds. The number of carbonyl (C=O) groups excluding carboxylic acids is 2. The van der Waals surface area contributed by atoms with Crippen LogP contribution in [0.2, 0.25) is 0 Å². The van der Waals surface area contributed by atoms with Crippen LogP contribution in [0.1, 0.15) is 24.0 Å². The third kappa shape index (κ3) is 3.94. The maximum atomic E-state index is 12.7. The largest absolute Gasteiger partial charge is 0.338 e. The van der Waals surface area contributed by atoms with Crippen LogP contribution in [0.4, 0.5) is 4.79 Å². The van der Waals surface area contributed by atoms with Crippen LogP contribution in [-0.4, -0.2) is 46.7 Å². The normalized spacial score (nSPS) is 19.1. The van der Waals surface area contributed by atoms with Crippen molar-refractivity contribution in [2.24, 2.45) is 5.10 Å². The lowest BCUT2D eigenvalue weighted by molar-refractivity contribution is -0.128. The van der Waals surface area contributed by atoms with Gasteiger partial charge >= 0.3 is 6.03 Å². The van der Waals surface area contributed by atoms with E-state index < -0.39 is 0 Å². The Labute approximate surface area is 172 Å². The number of amides is 3. The zero-order chi connectivity index (χ0) is 19.5. The first kappa shape index (κ1) is 18.7. The Morgan fingerprint density at radius 2 is 1.89 bits per heavy atom. The zero-order valence-electron chi connectivity index (χ0n) is 15.3. The molecule has 2 aromatic carbocycles. The highest BCUT2D eigenvalue weighted by Crippen LogP contribution is 2.24. The summed E-state index contributed by atoms with van der Waals surface area (Å²) in [6.07, 6.45) is 1.41. The second-order valence-corrected chi connectivity index (χ2v) is 7.84. The van der Waals surface area contributed by atoms with Crippen LogP contribution in [-0.2, 0) is 11.3 Å². The van der Waals surface area contributed by atoms with E-state index in [4.69, 9.17) is 0 Å². The van der Waals surface area contributed by atoms with Crippen molar-refractivity contribution in [3.8, 4) is 0 Å². The van der Waals surface area contributed by atoms with Gasteiger partial charge in [0.2, 0.25) is 5.91 Å². The molecule has 2 aliphatic rings. The van der Waals surface area contributed by atoms with Crippen molar-refractivity contribution < 1.29 is 9.59 Å². The number of benzene rings is 2. The van der Waals surface area contributed by atoms with Gasteiger partial charge in [0.05, 0.1) is 18.3 Å². The number of hydrogen-bond acceptors (Lipinski definition) is 3. The molecule has 1 saturated heterocycles. The van der Waals surface area contributed by atoms with Gasteiger partial charge in [0.25, 0.3) is 0 Å². The molecule has 6 nitrogen and oxygen atoms in total. The van der Waals surface area contributed by atoms with E-state index in [0.717, 1.165) is 27.7 Å². The number of rotatable bonds is 4. The average molecular weight is 441 g/mol. The molecule has 0 aliphatic carbocycles. The summed E-state index contributed by atoms with van der Waals surface area (Å²) in [6.45, 7) is 1.52. The van der Waals surface area contributed by atoms with Crippen LogP contribution < -0.4 is 5.32 Å². The Kier molecular flexibility index (Phi) is 5.43. The van der Waals surface area contributed by atoms with Crippen LogP contribution in [0.15, 0.2) is 64.2 Å². The summed E-state index contributed by atoms with van der Waals surface area (Å²) >= 11 is 3.44. The predicted molar refractivity (Wildman–Crippen MR) is 111 cm³/mol. The predicted octanol–water partition coefficient (Wildman–Crippen LogP) is 3.37. The van der Waals surface area contributed by atoms with Gasteiger partial charge in [-0.3, -0.25) is 4.79 Å². The summed E-state index contributed by atoms with van der Waals surface area (Å²) in [4.78, 5) is 26.9. The first-order valence-corrected chi connectivity index (χ1v) is 10.1. The van der Waals surface area contributed by atoms with Crippen LogP contribution in [0.3, 0.4) is 0 Å². The summed E-state index contributed by atoms with van der Waals surface area (Å²) in [6, 6.07) is 17.1. The number of urea groups is 1. The topological polar surface area (TPSA) is 65.0 Å². The van der Waals surface area contributed by atoms with E-state index in [1.165, 1.54) is 5.01 Å². The number of hydrazone groups is 1. The van der Waals surface area contributed by atoms with Crippen molar-refractivity contribution >= 4 is 33.6 Å². The summed E-state index contributed by atoms with van der Waals surface area (Å²) in [7, 11) is 0. The number of hydrogen-bond donors (Lipinski definition) is 1. The standard InChI is InChI=1S/C21H21BrN4O2/c22-17-10-8-16(9-11-17)20-18(25-12-4-7-19(25)27)14-26(24-20)21(28)23-13-15-5-2-1-3-6-15/h1-3,5-6,8-11,18H,4,7,12-14H2,(H,23,28). The number of nitrogens with one attached hydrogen (secondary N) is 1. The number of halogens is 1. The number of nitrogens with zero attached hydrogens (tertiary/aromatic N) is 3. The minimum atomic E-state index is -0.257. The van der Waals surface area contributed by atoms with Crippen molar-refractivity contribution in [1.29, 1.82) is 0 Å². The van der Waals surface area contributed by atoms with Crippen LogP contribution in [0, 0.1) is 0 Å². The molecule has 0 aromatic heterocycles. The molecule has 0 bridgehead atoms. The van der Waals surface area contributed by atoms with E-state index >= 15 is 0 Å². The van der Waals surface area contributed by atoms with Gasteiger partial charge < -0.3 is 10.2 Å². The highest BCUT2D eigenvalue weighted by atomic mass is 79.9. The molecular formula is C21H21BrN4O2. The summed E-state index contributed by atoms with van der Waals surface area (Å²) < 4.78 is 0.973. The van der Waals surface area contributed by atoms with Gasteiger partial charge in [0.1, 0.15) is 0 Å². The quantitative estimate of drug-likeness (QED) is 0.791. The summed E-state index contributed by atoms with van der Waals surface area (Å²) in [5.74, 6) is 0.126. The third-order valence-corrected chi connectivity index (χ3v) is 5.57. The fourth-order valence-electron chi connectivity index (χ4n) is 3.60. The van der Waals surface area contributed by atoms with Crippen molar-refractivity contribution in [3.63, 3.8) is 0 Å². The van der Waals surface area contributed by atoms with Crippen molar-refractivity contribution in [2.75, 3.05) is 13.1 Å². The Morgan fingerprint density at radius 1 is 1.14 bits per heavy atom. The molecular weight excluding hydrogens is 420 g/mol. The van der Waals surface area contributed by atoms with Gasteiger partial charge in [-0.25, -0.2) is 9.80 Å². The molecule has 2 heterocycles. The van der Waals surface area contributed by atoms with Crippen LogP contribution in [0.5, 0.6) is 0 Å².